The Bertz CT molecular complexity index is 1470. The van der Waals surface area contributed by atoms with Gasteiger partial charge in [0.25, 0.3) is 5.91 Å². The van der Waals surface area contributed by atoms with Gasteiger partial charge in [-0.2, -0.15) is 0 Å². The molecule has 1 heterocycles. The summed E-state index contributed by atoms with van der Waals surface area (Å²) in [6, 6.07) is 24.8. The topological polar surface area (TPSA) is 101 Å². The van der Waals surface area contributed by atoms with E-state index in [1.165, 1.54) is 19.2 Å². The van der Waals surface area contributed by atoms with E-state index in [0.29, 0.717) is 28.1 Å². The van der Waals surface area contributed by atoms with Gasteiger partial charge in [-0.1, -0.05) is 62.4 Å². The predicted molar refractivity (Wildman–Crippen MR) is 157 cm³/mol. The second-order valence-electron chi connectivity index (χ2n) is 10.2. The lowest BCUT2D eigenvalue weighted by molar-refractivity contribution is -0.152. The van der Waals surface area contributed by atoms with E-state index >= 15 is 0 Å². The first-order chi connectivity index (χ1) is 19.7. The number of ether oxygens (including phenoxy) is 1. The molecule has 0 fully saturated rings. The molecule has 3 aromatic carbocycles. The number of aliphatic hydroxyl groups excluding tert-OH is 2. The largest absolute Gasteiger partial charge is 0.467 e. The van der Waals surface area contributed by atoms with E-state index in [-0.39, 0.29) is 37.0 Å². The molecule has 0 saturated carbocycles. The Morgan fingerprint density at radius 1 is 0.902 bits per heavy atom. The molecule has 4 rings (SSSR count). The number of nitrogens with zero attached hydrogens (tertiary/aromatic N) is 1. The van der Waals surface area contributed by atoms with Crippen LogP contribution in [0, 0.1) is 5.82 Å². The molecule has 0 spiro atoms. The zero-order valence-corrected chi connectivity index (χ0v) is 23.4. The fraction of sp³-hybridized carbons (Fsp3) is 0.273. The van der Waals surface area contributed by atoms with Crippen LogP contribution in [0.3, 0.4) is 0 Å². The van der Waals surface area contributed by atoms with Gasteiger partial charge in [0.05, 0.1) is 24.5 Å². The zero-order chi connectivity index (χ0) is 29.5. The summed E-state index contributed by atoms with van der Waals surface area (Å²) < 4.78 is 20.6. The number of aliphatic hydroxyl groups is 2. The number of anilines is 1. The van der Waals surface area contributed by atoms with E-state index in [9.17, 15) is 24.2 Å². The van der Waals surface area contributed by atoms with Gasteiger partial charge < -0.3 is 24.8 Å². The number of carbonyl (C=O) groups is 2. The number of benzene rings is 3. The third kappa shape index (κ3) is 6.90. The molecule has 7 nitrogen and oxygen atoms in total. The number of nitrogens with one attached hydrogen (secondary N) is 1. The van der Waals surface area contributed by atoms with E-state index in [2.05, 4.69) is 10.1 Å². The first kappa shape index (κ1) is 29.7. The molecule has 0 radical (unpaired) electrons. The number of hydrogen-bond acceptors (Lipinski definition) is 5. The van der Waals surface area contributed by atoms with E-state index < -0.39 is 18.2 Å². The summed E-state index contributed by atoms with van der Waals surface area (Å²) in [6.45, 7) is 4.26. The average Bonchev–Trinajstić information content (AvgIpc) is 3.32. The SMILES string of the molecule is COC(=O)C(O)CC(O)CCn1c(-c2ccc(F)cc2)c(-c2ccccc2)c(C(=O)Nc2ccccc2)c1C(C)C. The zero-order valence-electron chi connectivity index (χ0n) is 23.4. The molecule has 1 aromatic heterocycles. The minimum atomic E-state index is -1.45. The highest BCUT2D eigenvalue weighted by molar-refractivity contribution is 6.12. The van der Waals surface area contributed by atoms with Gasteiger partial charge in [0.1, 0.15) is 5.82 Å². The molecule has 1 amide bonds. The van der Waals surface area contributed by atoms with Crippen LogP contribution < -0.4 is 5.32 Å². The summed E-state index contributed by atoms with van der Waals surface area (Å²) in [7, 11) is 1.18. The van der Waals surface area contributed by atoms with E-state index in [4.69, 9.17) is 0 Å². The standard InChI is InChI=1S/C33H35FN2O5/c1-21(2)30-29(32(39)35-25-12-8-5-9-13-25)28(22-10-6-4-7-11-22)31(23-14-16-24(34)17-15-23)36(30)19-18-26(37)20-27(38)33(40)41-3/h4-17,21,26-27,37-38H,18-20H2,1-3H3,(H,35,39). The summed E-state index contributed by atoms with van der Waals surface area (Å²) in [5, 5.41) is 23.8. The van der Waals surface area contributed by atoms with Crippen LogP contribution in [0.5, 0.6) is 0 Å². The van der Waals surface area contributed by atoms with Crippen LogP contribution in [0.4, 0.5) is 10.1 Å². The van der Waals surface area contributed by atoms with E-state index in [1.807, 2.05) is 79.1 Å². The van der Waals surface area contributed by atoms with Gasteiger partial charge in [-0.05, 0) is 59.9 Å². The maximum atomic E-state index is 14.1. The molecular weight excluding hydrogens is 523 g/mol. The van der Waals surface area contributed by atoms with Gasteiger partial charge in [0, 0.05) is 29.9 Å². The minimum absolute atomic E-state index is 0.110. The van der Waals surface area contributed by atoms with Crippen LogP contribution in [0.25, 0.3) is 22.4 Å². The normalized spacial score (nSPS) is 12.7. The Morgan fingerprint density at radius 2 is 1.51 bits per heavy atom. The lowest BCUT2D eigenvalue weighted by Crippen LogP contribution is -2.27. The number of methoxy groups -OCH3 is 1. The number of para-hydroxylation sites is 1. The highest BCUT2D eigenvalue weighted by atomic mass is 19.1. The number of carbonyl (C=O) groups excluding carboxylic acids is 2. The number of hydrogen-bond donors (Lipinski definition) is 3. The van der Waals surface area contributed by atoms with Crippen molar-refractivity contribution in [1.82, 2.24) is 4.57 Å². The second kappa shape index (κ2) is 13.4. The average molecular weight is 559 g/mol. The summed E-state index contributed by atoms with van der Waals surface area (Å²) in [4.78, 5) is 25.8. The van der Waals surface area contributed by atoms with Crippen LogP contribution in [-0.4, -0.2) is 46.0 Å². The predicted octanol–water partition coefficient (Wildman–Crippen LogP) is 6.01. The van der Waals surface area contributed by atoms with Crippen LogP contribution >= 0.6 is 0 Å². The van der Waals surface area contributed by atoms with Crippen molar-refractivity contribution < 1.29 is 28.9 Å². The smallest absolute Gasteiger partial charge is 0.334 e. The highest BCUT2D eigenvalue weighted by Gasteiger charge is 2.31. The summed E-state index contributed by atoms with van der Waals surface area (Å²) in [5.74, 6) is -1.60. The van der Waals surface area contributed by atoms with Crippen molar-refractivity contribution in [3.8, 4) is 22.4 Å². The van der Waals surface area contributed by atoms with Crippen LogP contribution in [0.1, 0.15) is 48.7 Å². The molecule has 2 unspecified atom stereocenters. The third-order valence-electron chi connectivity index (χ3n) is 6.94. The van der Waals surface area contributed by atoms with Crippen molar-refractivity contribution in [2.24, 2.45) is 0 Å². The quantitative estimate of drug-likeness (QED) is 0.196. The molecule has 8 heteroatoms. The molecule has 0 aliphatic rings. The number of esters is 1. The maximum Gasteiger partial charge on any atom is 0.334 e. The lowest BCUT2D eigenvalue weighted by Gasteiger charge is -2.20. The molecule has 0 aliphatic heterocycles. The Morgan fingerprint density at radius 3 is 2.10 bits per heavy atom. The van der Waals surface area contributed by atoms with Crippen molar-refractivity contribution in [2.45, 2.75) is 51.4 Å². The fourth-order valence-corrected chi connectivity index (χ4v) is 5.09. The van der Waals surface area contributed by atoms with Gasteiger partial charge in [0.2, 0.25) is 0 Å². The van der Waals surface area contributed by atoms with Crippen molar-refractivity contribution in [3.63, 3.8) is 0 Å². The molecule has 0 aliphatic carbocycles. The summed E-state index contributed by atoms with van der Waals surface area (Å²) in [5.41, 5.74) is 4.80. The molecule has 4 aromatic rings. The molecular formula is C33H35FN2O5. The van der Waals surface area contributed by atoms with Crippen molar-refractivity contribution in [1.29, 1.82) is 0 Å². The Balaban J connectivity index is 1.90. The molecule has 214 valence electrons. The minimum Gasteiger partial charge on any atom is -0.467 e. The van der Waals surface area contributed by atoms with Gasteiger partial charge in [-0.25, -0.2) is 9.18 Å². The Labute approximate surface area is 239 Å². The third-order valence-corrected chi connectivity index (χ3v) is 6.94. The molecule has 0 saturated heterocycles. The second-order valence-corrected chi connectivity index (χ2v) is 10.2. The summed E-state index contributed by atoms with van der Waals surface area (Å²) in [6.07, 6.45) is -2.48. The van der Waals surface area contributed by atoms with Gasteiger partial charge in [-0.3, -0.25) is 4.79 Å². The van der Waals surface area contributed by atoms with Crippen molar-refractivity contribution in [2.75, 3.05) is 12.4 Å². The van der Waals surface area contributed by atoms with Gasteiger partial charge >= 0.3 is 5.97 Å². The molecule has 41 heavy (non-hydrogen) atoms. The number of aromatic nitrogens is 1. The Hall–Kier alpha value is -4.27. The van der Waals surface area contributed by atoms with Crippen LogP contribution in [0.15, 0.2) is 84.9 Å². The highest BCUT2D eigenvalue weighted by Crippen LogP contribution is 2.42. The number of halogens is 1. The molecule has 3 N–H and O–H groups in total. The lowest BCUT2D eigenvalue weighted by atomic mass is 9.94. The van der Waals surface area contributed by atoms with Crippen molar-refractivity contribution in [3.05, 3.63) is 102 Å². The van der Waals surface area contributed by atoms with E-state index in [0.717, 1.165) is 11.3 Å². The number of amides is 1. The maximum absolute atomic E-state index is 14.1. The summed E-state index contributed by atoms with van der Waals surface area (Å²) >= 11 is 0. The first-order valence-corrected chi connectivity index (χ1v) is 13.6. The number of rotatable bonds is 11. The van der Waals surface area contributed by atoms with Gasteiger partial charge in [0.15, 0.2) is 6.10 Å². The molecule has 0 bridgehead atoms. The van der Waals surface area contributed by atoms with Gasteiger partial charge in [-0.15, -0.1) is 0 Å². The van der Waals surface area contributed by atoms with E-state index in [1.54, 1.807) is 12.1 Å². The van der Waals surface area contributed by atoms with Crippen LogP contribution in [0.2, 0.25) is 0 Å². The first-order valence-electron chi connectivity index (χ1n) is 13.6. The monoisotopic (exact) mass is 558 g/mol. The Kier molecular flexibility index (Phi) is 9.70. The van der Waals surface area contributed by atoms with Crippen molar-refractivity contribution >= 4 is 17.6 Å². The molecule has 2 atom stereocenters. The van der Waals surface area contributed by atoms with Crippen LogP contribution in [-0.2, 0) is 16.1 Å². The fourth-order valence-electron chi connectivity index (χ4n) is 5.09.